The highest BCUT2D eigenvalue weighted by Crippen LogP contribution is 2.12. The van der Waals surface area contributed by atoms with Gasteiger partial charge < -0.3 is 0 Å². The summed E-state index contributed by atoms with van der Waals surface area (Å²) in [5, 5.41) is 0. The van der Waals surface area contributed by atoms with E-state index in [9.17, 15) is 13.2 Å². The molecule has 0 saturated heterocycles. The summed E-state index contributed by atoms with van der Waals surface area (Å²) in [5.41, 5.74) is 2.60. The molecule has 0 aliphatic carbocycles. The van der Waals surface area contributed by atoms with Crippen LogP contribution in [-0.4, -0.2) is 30.0 Å². The minimum atomic E-state index is -3.70. The molecule has 0 atom stereocenters. The maximum atomic E-state index is 12.1. The Hall–Kier alpha value is -2.48. The summed E-state index contributed by atoms with van der Waals surface area (Å²) < 4.78 is 25.0. The Labute approximate surface area is 122 Å². The lowest BCUT2D eigenvalue weighted by molar-refractivity contribution is 0.0955. The SMILES string of the molecule is CCS(=O)(=O)N(NC(=O)c1cccnc1)c1ccccn1. The van der Waals surface area contributed by atoms with Crippen molar-refractivity contribution >= 4 is 21.7 Å². The number of hydrogen-bond donors (Lipinski definition) is 1. The van der Waals surface area contributed by atoms with Crippen molar-refractivity contribution in [3.8, 4) is 0 Å². The second kappa shape index (κ2) is 6.31. The van der Waals surface area contributed by atoms with E-state index >= 15 is 0 Å². The van der Waals surface area contributed by atoms with Gasteiger partial charge in [-0.25, -0.2) is 18.8 Å². The number of nitrogens with zero attached hydrogens (tertiary/aromatic N) is 3. The molecular formula is C13H14N4O3S. The van der Waals surface area contributed by atoms with Crippen LogP contribution in [0.25, 0.3) is 0 Å². The quantitative estimate of drug-likeness (QED) is 0.831. The minimum Gasteiger partial charge on any atom is -0.267 e. The highest BCUT2D eigenvalue weighted by Gasteiger charge is 2.24. The number of rotatable bonds is 5. The Balaban J connectivity index is 2.32. The monoisotopic (exact) mass is 306 g/mol. The molecule has 2 heterocycles. The van der Waals surface area contributed by atoms with E-state index < -0.39 is 15.9 Å². The molecule has 1 N–H and O–H groups in total. The molecule has 110 valence electrons. The molecule has 0 aliphatic heterocycles. The van der Waals surface area contributed by atoms with Crippen LogP contribution in [0.1, 0.15) is 17.3 Å². The summed E-state index contributed by atoms with van der Waals surface area (Å²) in [7, 11) is -3.70. The third-order valence-electron chi connectivity index (χ3n) is 2.63. The zero-order valence-electron chi connectivity index (χ0n) is 11.3. The predicted octanol–water partition coefficient (Wildman–Crippen LogP) is 0.978. The number of anilines is 1. The molecule has 1 amide bonds. The molecule has 0 spiro atoms. The number of pyridine rings is 2. The lowest BCUT2D eigenvalue weighted by Crippen LogP contribution is -2.47. The standard InChI is InChI=1S/C13H14N4O3S/c1-2-21(19,20)17(12-7-3-4-9-15-12)16-13(18)11-6-5-8-14-10-11/h3-10H,2H2,1H3,(H,16,18). The molecule has 0 unspecified atom stereocenters. The molecular weight excluding hydrogens is 292 g/mol. The van der Waals surface area contributed by atoms with Gasteiger partial charge in [0.05, 0.1) is 11.3 Å². The molecule has 7 nitrogen and oxygen atoms in total. The summed E-state index contributed by atoms with van der Waals surface area (Å²) in [4.78, 5) is 19.9. The molecule has 2 aromatic heterocycles. The zero-order valence-corrected chi connectivity index (χ0v) is 12.1. The molecule has 21 heavy (non-hydrogen) atoms. The minimum absolute atomic E-state index is 0.122. The first-order valence-electron chi connectivity index (χ1n) is 6.19. The number of amides is 1. The average molecular weight is 306 g/mol. The van der Waals surface area contributed by atoms with Crippen molar-refractivity contribution in [1.82, 2.24) is 15.4 Å². The molecule has 2 rings (SSSR count). The smallest absolute Gasteiger partial charge is 0.267 e. The van der Waals surface area contributed by atoms with Crippen LogP contribution in [0.3, 0.4) is 0 Å². The van der Waals surface area contributed by atoms with E-state index in [1.54, 1.807) is 18.2 Å². The maximum absolute atomic E-state index is 12.1. The fourth-order valence-electron chi connectivity index (χ4n) is 1.53. The van der Waals surface area contributed by atoms with Crippen molar-refractivity contribution in [1.29, 1.82) is 0 Å². The van der Waals surface area contributed by atoms with E-state index in [4.69, 9.17) is 0 Å². The van der Waals surface area contributed by atoms with Crippen LogP contribution in [0.15, 0.2) is 48.9 Å². The zero-order chi connectivity index (χ0) is 15.3. The Morgan fingerprint density at radius 3 is 2.62 bits per heavy atom. The van der Waals surface area contributed by atoms with Gasteiger partial charge in [0.2, 0.25) is 0 Å². The van der Waals surface area contributed by atoms with Gasteiger partial charge in [-0.3, -0.25) is 9.78 Å². The number of hydrazine groups is 1. The van der Waals surface area contributed by atoms with Gasteiger partial charge >= 0.3 is 0 Å². The third kappa shape index (κ3) is 3.54. The first-order valence-corrected chi connectivity index (χ1v) is 7.80. The van der Waals surface area contributed by atoms with Crippen molar-refractivity contribution in [2.45, 2.75) is 6.92 Å². The summed E-state index contributed by atoms with van der Waals surface area (Å²) in [5.74, 6) is -0.626. The summed E-state index contributed by atoms with van der Waals surface area (Å²) >= 11 is 0. The van der Waals surface area contributed by atoms with Crippen LogP contribution in [0.2, 0.25) is 0 Å². The van der Waals surface area contributed by atoms with E-state index in [1.807, 2.05) is 0 Å². The van der Waals surface area contributed by atoms with Crippen LogP contribution in [-0.2, 0) is 10.0 Å². The second-order valence-corrected chi connectivity index (χ2v) is 6.14. The molecule has 0 saturated carbocycles. The van der Waals surface area contributed by atoms with Gasteiger partial charge in [-0.15, -0.1) is 0 Å². The molecule has 0 aliphatic rings. The number of nitrogens with one attached hydrogen (secondary N) is 1. The van der Waals surface area contributed by atoms with Gasteiger partial charge in [0, 0.05) is 18.6 Å². The van der Waals surface area contributed by atoms with Gasteiger partial charge in [-0.05, 0) is 31.2 Å². The maximum Gasteiger partial charge on any atom is 0.272 e. The number of sulfonamides is 1. The van der Waals surface area contributed by atoms with E-state index in [1.165, 1.54) is 37.6 Å². The van der Waals surface area contributed by atoms with Crippen LogP contribution < -0.4 is 9.84 Å². The predicted molar refractivity (Wildman–Crippen MR) is 77.9 cm³/mol. The summed E-state index contributed by atoms with van der Waals surface area (Å²) in [6.45, 7) is 1.49. The fraction of sp³-hybridized carbons (Fsp3) is 0.154. The van der Waals surface area contributed by atoms with E-state index in [2.05, 4.69) is 15.4 Å². The fourth-order valence-corrected chi connectivity index (χ4v) is 2.40. The summed E-state index contributed by atoms with van der Waals surface area (Å²) in [6, 6.07) is 7.92. The van der Waals surface area contributed by atoms with Crippen molar-refractivity contribution in [2.24, 2.45) is 0 Å². The van der Waals surface area contributed by atoms with Gasteiger partial charge in [0.1, 0.15) is 0 Å². The Morgan fingerprint density at radius 1 is 1.24 bits per heavy atom. The van der Waals surface area contributed by atoms with E-state index in [0.29, 0.717) is 0 Å². The number of carbonyl (C=O) groups excluding carboxylic acids is 1. The van der Waals surface area contributed by atoms with Gasteiger partial charge in [0.25, 0.3) is 15.9 Å². The first-order chi connectivity index (χ1) is 10.0. The Kier molecular flexibility index (Phi) is 4.49. The van der Waals surface area contributed by atoms with Gasteiger partial charge in [0.15, 0.2) is 5.82 Å². The van der Waals surface area contributed by atoms with Crippen molar-refractivity contribution < 1.29 is 13.2 Å². The highest BCUT2D eigenvalue weighted by molar-refractivity contribution is 7.92. The number of hydrogen-bond acceptors (Lipinski definition) is 5. The lowest BCUT2D eigenvalue weighted by atomic mass is 10.3. The molecule has 0 radical (unpaired) electrons. The molecule has 2 aromatic rings. The van der Waals surface area contributed by atoms with Crippen LogP contribution >= 0.6 is 0 Å². The molecule has 0 fully saturated rings. The Morgan fingerprint density at radius 2 is 2.05 bits per heavy atom. The van der Waals surface area contributed by atoms with Crippen LogP contribution in [0.4, 0.5) is 5.82 Å². The third-order valence-corrected chi connectivity index (χ3v) is 4.19. The lowest BCUT2D eigenvalue weighted by Gasteiger charge is -2.22. The van der Waals surface area contributed by atoms with Crippen LogP contribution in [0, 0.1) is 0 Å². The largest absolute Gasteiger partial charge is 0.272 e. The highest BCUT2D eigenvalue weighted by atomic mass is 32.2. The summed E-state index contributed by atoms with van der Waals surface area (Å²) in [6.07, 6.45) is 4.32. The molecule has 0 bridgehead atoms. The second-order valence-electron chi connectivity index (χ2n) is 4.04. The van der Waals surface area contributed by atoms with E-state index in [-0.39, 0.29) is 17.1 Å². The average Bonchev–Trinajstić information content (AvgIpc) is 2.54. The normalized spacial score (nSPS) is 10.9. The molecule has 8 heteroatoms. The first kappa shape index (κ1) is 14.9. The Bertz CT molecular complexity index is 705. The van der Waals surface area contributed by atoms with Crippen LogP contribution in [0.5, 0.6) is 0 Å². The van der Waals surface area contributed by atoms with Crippen molar-refractivity contribution in [3.63, 3.8) is 0 Å². The van der Waals surface area contributed by atoms with Crippen molar-refractivity contribution in [2.75, 3.05) is 10.2 Å². The van der Waals surface area contributed by atoms with E-state index in [0.717, 1.165) is 4.41 Å². The van der Waals surface area contributed by atoms with Gasteiger partial charge in [-0.2, -0.15) is 4.41 Å². The van der Waals surface area contributed by atoms with Gasteiger partial charge in [-0.1, -0.05) is 6.07 Å². The molecule has 0 aromatic carbocycles. The van der Waals surface area contributed by atoms with Crippen molar-refractivity contribution in [3.05, 3.63) is 54.5 Å². The topological polar surface area (TPSA) is 92.3 Å². The number of carbonyl (C=O) groups is 1. The number of aromatic nitrogens is 2.